The van der Waals surface area contributed by atoms with E-state index in [-0.39, 0.29) is 23.3 Å². The smallest absolute Gasteiger partial charge is 0.251 e. The number of benzene rings is 1. The van der Waals surface area contributed by atoms with E-state index < -0.39 is 0 Å². The Balaban J connectivity index is 1.94. The van der Waals surface area contributed by atoms with Crippen molar-refractivity contribution in [2.45, 2.75) is 30.5 Å². The molecule has 7 heteroatoms. The molecule has 0 spiro atoms. The summed E-state index contributed by atoms with van der Waals surface area (Å²) in [6, 6.07) is 8.78. The Morgan fingerprint density at radius 1 is 1.45 bits per heavy atom. The highest BCUT2D eigenvalue weighted by atomic mass is 35.5. The number of carbonyl (C=O) groups is 1. The Morgan fingerprint density at radius 2 is 2.18 bits per heavy atom. The summed E-state index contributed by atoms with van der Waals surface area (Å²) in [4.78, 5) is 31.1. The minimum atomic E-state index is -0.309. The van der Waals surface area contributed by atoms with Crippen LogP contribution in [0.5, 0.6) is 0 Å². The average Bonchev–Trinajstić information content (AvgIpc) is 2.46. The number of aryl methyl sites for hydroxylation is 1. The molecule has 0 radical (unpaired) electrons. The molecule has 0 bridgehead atoms. The Bertz CT molecular complexity index is 733. The van der Waals surface area contributed by atoms with Gasteiger partial charge >= 0.3 is 0 Å². The van der Waals surface area contributed by atoms with Crippen LogP contribution < -0.4 is 10.9 Å². The van der Waals surface area contributed by atoms with Gasteiger partial charge in [0.15, 0.2) is 0 Å². The van der Waals surface area contributed by atoms with Crippen LogP contribution in [-0.4, -0.2) is 21.1 Å². The molecule has 116 valence electrons. The van der Waals surface area contributed by atoms with Crippen molar-refractivity contribution in [2.75, 3.05) is 0 Å². The zero-order valence-electron chi connectivity index (χ0n) is 12.2. The van der Waals surface area contributed by atoms with Gasteiger partial charge in [-0.15, -0.1) is 11.8 Å². The van der Waals surface area contributed by atoms with Crippen LogP contribution in [0.15, 0.2) is 40.0 Å². The second-order valence-corrected chi connectivity index (χ2v) is 6.53. The van der Waals surface area contributed by atoms with Crippen LogP contribution in [0.4, 0.5) is 0 Å². The zero-order valence-corrected chi connectivity index (χ0v) is 13.8. The van der Waals surface area contributed by atoms with Gasteiger partial charge in [-0.1, -0.05) is 23.7 Å². The Hall–Kier alpha value is -1.79. The number of hydrogen-bond donors (Lipinski definition) is 2. The summed E-state index contributed by atoms with van der Waals surface area (Å²) < 4.78 is 0. The normalized spacial score (nSPS) is 12.0. The largest absolute Gasteiger partial charge is 0.348 e. The first-order valence-electron chi connectivity index (χ1n) is 6.71. The molecule has 2 N–H and O–H groups in total. The standard InChI is InChI=1S/C15H16ClN3O2S/c1-9-7-14(20)19-13(18-9)8-17-15(21)10(2)22-12-6-4-3-5-11(12)16/h3-7,10H,8H2,1-2H3,(H,17,21)(H,18,19,20)/t10-/m0/s1. The van der Waals surface area contributed by atoms with Crippen molar-refractivity contribution < 1.29 is 4.79 Å². The molecule has 0 unspecified atom stereocenters. The SMILES string of the molecule is Cc1cc(=O)[nH]c(CNC(=O)[C@H](C)Sc2ccccc2Cl)n1. The summed E-state index contributed by atoms with van der Waals surface area (Å²) in [5, 5.41) is 3.07. The second kappa shape index (κ2) is 7.47. The van der Waals surface area contributed by atoms with E-state index in [1.165, 1.54) is 17.8 Å². The van der Waals surface area contributed by atoms with E-state index in [4.69, 9.17) is 11.6 Å². The number of nitrogens with one attached hydrogen (secondary N) is 2. The molecular formula is C15H16ClN3O2S. The fourth-order valence-electron chi connectivity index (χ4n) is 1.82. The predicted octanol–water partition coefficient (Wildman–Crippen LogP) is 2.53. The van der Waals surface area contributed by atoms with E-state index in [2.05, 4.69) is 15.3 Å². The van der Waals surface area contributed by atoms with Gasteiger partial charge in [0.2, 0.25) is 5.91 Å². The molecule has 0 saturated carbocycles. The summed E-state index contributed by atoms with van der Waals surface area (Å²) in [7, 11) is 0. The fraction of sp³-hybridized carbons (Fsp3) is 0.267. The Kier molecular flexibility index (Phi) is 5.63. The minimum absolute atomic E-state index is 0.144. The van der Waals surface area contributed by atoms with Crippen LogP contribution in [0.3, 0.4) is 0 Å². The minimum Gasteiger partial charge on any atom is -0.348 e. The highest BCUT2D eigenvalue weighted by molar-refractivity contribution is 8.00. The third kappa shape index (κ3) is 4.61. The summed E-state index contributed by atoms with van der Waals surface area (Å²) in [6.45, 7) is 3.72. The van der Waals surface area contributed by atoms with Gasteiger partial charge < -0.3 is 10.3 Å². The molecule has 1 atom stereocenters. The fourth-order valence-corrected chi connectivity index (χ4v) is 3.00. The lowest BCUT2D eigenvalue weighted by Crippen LogP contribution is -2.31. The maximum atomic E-state index is 12.1. The van der Waals surface area contributed by atoms with Gasteiger partial charge in [-0.2, -0.15) is 0 Å². The first kappa shape index (κ1) is 16.6. The molecule has 5 nitrogen and oxygen atoms in total. The Labute approximate surface area is 137 Å². The van der Waals surface area contributed by atoms with Gasteiger partial charge in [-0.25, -0.2) is 4.98 Å². The van der Waals surface area contributed by atoms with Crippen LogP contribution in [-0.2, 0) is 11.3 Å². The van der Waals surface area contributed by atoms with Gasteiger partial charge in [0, 0.05) is 16.7 Å². The molecule has 1 amide bonds. The van der Waals surface area contributed by atoms with Crippen molar-refractivity contribution in [2.24, 2.45) is 0 Å². The third-order valence-electron chi connectivity index (χ3n) is 2.86. The monoisotopic (exact) mass is 337 g/mol. The number of halogens is 1. The highest BCUT2D eigenvalue weighted by Crippen LogP contribution is 2.29. The summed E-state index contributed by atoms with van der Waals surface area (Å²) in [5.41, 5.74) is 0.390. The molecule has 0 aliphatic rings. The highest BCUT2D eigenvalue weighted by Gasteiger charge is 2.15. The van der Waals surface area contributed by atoms with Crippen molar-refractivity contribution in [1.82, 2.24) is 15.3 Å². The number of aromatic nitrogens is 2. The number of nitrogens with zero attached hydrogens (tertiary/aromatic N) is 1. The van der Waals surface area contributed by atoms with Gasteiger partial charge in [0.05, 0.1) is 16.8 Å². The van der Waals surface area contributed by atoms with E-state index in [1.54, 1.807) is 19.9 Å². The lowest BCUT2D eigenvalue weighted by molar-refractivity contribution is -0.120. The van der Waals surface area contributed by atoms with Gasteiger partial charge in [-0.3, -0.25) is 9.59 Å². The van der Waals surface area contributed by atoms with Gasteiger partial charge in [0.1, 0.15) is 5.82 Å². The second-order valence-electron chi connectivity index (χ2n) is 4.74. The van der Waals surface area contributed by atoms with Crippen LogP contribution in [0.1, 0.15) is 18.4 Å². The van der Waals surface area contributed by atoms with Crippen molar-refractivity contribution in [3.8, 4) is 0 Å². The summed E-state index contributed by atoms with van der Waals surface area (Å²) in [5.74, 6) is 0.294. The molecule has 2 aromatic rings. The zero-order chi connectivity index (χ0) is 16.1. The maximum Gasteiger partial charge on any atom is 0.251 e. The molecule has 1 aromatic heterocycles. The van der Waals surface area contributed by atoms with Gasteiger partial charge in [-0.05, 0) is 26.0 Å². The van der Waals surface area contributed by atoms with Crippen molar-refractivity contribution in [3.05, 3.63) is 57.2 Å². The first-order chi connectivity index (χ1) is 10.5. The molecule has 1 heterocycles. The van der Waals surface area contributed by atoms with E-state index >= 15 is 0 Å². The van der Waals surface area contributed by atoms with Crippen LogP contribution in [0.2, 0.25) is 5.02 Å². The predicted molar refractivity (Wildman–Crippen MR) is 88.2 cm³/mol. The van der Waals surface area contributed by atoms with Gasteiger partial charge in [0.25, 0.3) is 5.56 Å². The number of H-pyrrole nitrogens is 1. The lowest BCUT2D eigenvalue weighted by atomic mass is 10.4. The number of aromatic amines is 1. The molecule has 0 aliphatic carbocycles. The quantitative estimate of drug-likeness (QED) is 0.822. The van der Waals surface area contributed by atoms with Crippen molar-refractivity contribution in [3.63, 3.8) is 0 Å². The van der Waals surface area contributed by atoms with Crippen LogP contribution >= 0.6 is 23.4 Å². The molecule has 2 rings (SSSR count). The van der Waals surface area contributed by atoms with Crippen molar-refractivity contribution >= 4 is 29.3 Å². The molecule has 1 aromatic carbocycles. The van der Waals surface area contributed by atoms with E-state index in [9.17, 15) is 9.59 Å². The third-order valence-corrected chi connectivity index (χ3v) is 4.48. The summed E-state index contributed by atoms with van der Waals surface area (Å²) in [6.07, 6.45) is 0. The maximum absolute atomic E-state index is 12.1. The molecular weight excluding hydrogens is 322 g/mol. The van der Waals surface area contributed by atoms with E-state index in [0.29, 0.717) is 16.5 Å². The summed E-state index contributed by atoms with van der Waals surface area (Å²) >= 11 is 7.46. The molecule has 0 saturated heterocycles. The number of thioether (sulfide) groups is 1. The topological polar surface area (TPSA) is 74.8 Å². The molecule has 0 fully saturated rings. The molecule has 0 aliphatic heterocycles. The first-order valence-corrected chi connectivity index (χ1v) is 7.97. The average molecular weight is 338 g/mol. The molecule has 22 heavy (non-hydrogen) atoms. The Morgan fingerprint density at radius 3 is 2.86 bits per heavy atom. The number of rotatable bonds is 5. The van der Waals surface area contributed by atoms with Crippen molar-refractivity contribution in [1.29, 1.82) is 0 Å². The number of amides is 1. The lowest BCUT2D eigenvalue weighted by Gasteiger charge is -2.12. The van der Waals surface area contributed by atoms with E-state index in [1.807, 2.05) is 18.2 Å². The van der Waals surface area contributed by atoms with E-state index in [0.717, 1.165) is 4.90 Å². The van der Waals surface area contributed by atoms with Crippen LogP contribution in [0, 0.1) is 6.92 Å². The number of hydrogen-bond acceptors (Lipinski definition) is 4. The van der Waals surface area contributed by atoms with Crippen LogP contribution in [0.25, 0.3) is 0 Å². The number of carbonyl (C=O) groups excluding carboxylic acids is 1.